The van der Waals surface area contributed by atoms with E-state index in [-0.39, 0.29) is 11.9 Å². The highest BCUT2D eigenvalue weighted by Crippen LogP contribution is 2.41. The van der Waals surface area contributed by atoms with Crippen molar-refractivity contribution in [3.05, 3.63) is 58.5 Å². The van der Waals surface area contributed by atoms with Gasteiger partial charge in [0.05, 0.1) is 18.1 Å². The first-order valence-electron chi connectivity index (χ1n) is 7.46. The fourth-order valence-electron chi connectivity index (χ4n) is 2.41. The molecule has 0 unspecified atom stereocenters. The van der Waals surface area contributed by atoms with E-state index in [1.165, 1.54) is 11.8 Å². The molecular weight excluding hydrogens is 308 g/mol. The maximum Gasteiger partial charge on any atom is 0.200 e. The Balaban J connectivity index is 1.90. The molecule has 0 amide bonds. The molecule has 0 saturated carbocycles. The standard InChI is InChI=1S/C19H18O3S/c1-12(2)22-15-9-8-13(10-16(15)21-3)11-18-19(20)14-6-4-5-7-17(14)23-18/h4-12H,1-3H3/b18-11+. The molecule has 1 aliphatic rings. The predicted octanol–water partition coefficient (Wildman–Crippen LogP) is 4.81. The molecule has 0 radical (unpaired) electrons. The molecule has 23 heavy (non-hydrogen) atoms. The van der Waals surface area contributed by atoms with E-state index in [0.717, 1.165) is 20.9 Å². The van der Waals surface area contributed by atoms with Crippen LogP contribution in [0.4, 0.5) is 0 Å². The van der Waals surface area contributed by atoms with Gasteiger partial charge in [0, 0.05) is 10.5 Å². The fourth-order valence-corrected chi connectivity index (χ4v) is 3.46. The van der Waals surface area contributed by atoms with Crippen molar-refractivity contribution in [1.29, 1.82) is 0 Å². The van der Waals surface area contributed by atoms with Crippen LogP contribution in [0.3, 0.4) is 0 Å². The summed E-state index contributed by atoms with van der Waals surface area (Å²) in [6.45, 7) is 3.95. The van der Waals surface area contributed by atoms with Crippen LogP contribution < -0.4 is 9.47 Å². The van der Waals surface area contributed by atoms with Gasteiger partial charge in [-0.05, 0) is 49.8 Å². The normalized spacial score (nSPS) is 15.1. The molecule has 3 nitrogen and oxygen atoms in total. The summed E-state index contributed by atoms with van der Waals surface area (Å²) in [7, 11) is 1.62. The molecule has 4 heteroatoms. The molecule has 0 atom stereocenters. The fraction of sp³-hybridized carbons (Fsp3) is 0.211. The monoisotopic (exact) mass is 326 g/mol. The van der Waals surface area contributed by atoms with Gasteiger partial charge >= 0.3 is 0 Å². The van der Waals surface area contributed by atoms with Crippen LogP contribution in [0.25, 0.3) is 6.08 Å². The first-order valence-corrected chi connectivity index (χ1v) is 8.28. The summed E-state index contributed by atoms with van der Waals surface area (Å²) in [5, 5.41) is 0. The number of hydrogen-bond donors (Lipinski definition) is 0. The number of allylic oxidation sites excluding steroid dienone is 1. The van der Waals surface area contributed by atoms with Crippen LogP contribution in [0.1, 0.15) is 29.8 Å². The molecule has 0 fully saturated rings. The molecule has 118 valence electrons. The summed E-state index contributed by atoms with van der Waals surface area (Å²) in [6.07, 6.45) is 1.98. The average molecular weight is 326 g/mol. The summed E-state index contributed by atoms with van der Waals surface area (Å²) >= 11 is 1.51. The molecule has 0 bridgehead atoms. The van der Waals surface area contributed by atoms with Crippen LogP contribution in [-0.4, -0.2) is 19.0 Å². The molecule has 3 rings (SSSR count). The number of ketones is 1. The maximum atomic E-state index is 12.4. The molecule has 0 aliphatic carbocycles. The molecular formula is C19H18O3S. The molecule has 2 aromatic rings. The van der Waals surface area contributed by atoms with Gasteiger partial charge in [0.1, 0.15) is 0 Å². The Bertz CT molecular complexity index is 778. The quantitative estimate of drug-likeness (QED) is 0.755. The van der Waals surface area contributed by atoms with Crippen molar-refractivity contribution in [3.8, 4) is 11.5 Å². The smallest absolute Gasteiger partial charge is 0.200 e. The minimum absolute atomic E-state index is 0.0760. The Morgan fingerprint density at radius 1 is 1.09 bits per heavy atom. The van der Waals surface area contributed by atoms with Gasteiger partial charge in [0.15, 0.2) is 11.5 Å². The zero-order valence-corrected chi connectivity index (χ0v) is 14.1. The third-order valence-corrected chi connectivity index (χ3v) is 4.52. The highest BCUT2D eigenvalue weighted by Gasteiger charge is 2.25. The van der Waals surface area contributed by atoms with Crippen molar-refractivity contribution in [2.75, 3.05) is 7.11 Å². The van der Waals surface area contributed by atoms with Gasteiger partial charge in [-0.15, -0.1) is 0 Å². The number of rotatable bonds is 4. The number of thioether (sulfide) groups is 1. The number of carbonyl (C=O) groups excluding carboxylic acids is 1. The Hall–Kier alpha value is -2.20. The van der Waals surface area contributed by atoms with E-state index in [0.29, 0.717) is 11.5 Å². The number of fused-ring (bicyclic) bond motifs is 1. The second-order valence-electron chi connectivity index (χ2n) is 5.51. The number of Topliss-reactive ketones (excluding diaryl/α,β-unsaturated/α-hetero) is 1. The van der Waals surface area contributed by atoms with Gasteiger partial charge in [-0.2, -0.15) is 0 Å². The van der Waals surface area contributed by atoms with Crippen molar-refractivity contribution in [2.24, 2.45) is 0 Å². The summed E-state index contributed by atoms with van der Waals surface area (Å²) in [5.74, 6) is 1.45. The number of methoxy groups -OCH3 is 1. The third-order valence-electron chi connectivity index (χ3n) is 3.42. The van der Waals surface area contributed by atoms with E-state index in [4.69, 9.17) is 9.47 Å². The largest absolute Gasteiger partial charge is 0.493 e. The lowest BCUT2D eigenvalue weighted by Gasteiger charge is -2.13. The van der Waals surface area contributed by atoms with E-state index in [9.17, 15) is 4.79 Å². The van der Waals surface area contributed by atoms with Crippen molar-refractivity contribution >= 4 is 23.6 Å². The van der Waals surface area contributed by atoms with E-state index >= 15 is 0 Å². The summed E-state index contributed by atoms with van der Waals surface area (Å²) < 4.78 is 11.1. The minimum Gasteiger partial charge on any atom is -0.493 e. The highest BCUT2D eigenvalue weighted by atomic mass is 32.2. The molecule has 0 aromatic heterocycles. The first-order chi connectivity index (χ1) is 11.1. The van der Waals surface area contributed by atoms with Crippen LogP contribution in [-0.2, 0) is 0 Å². The van der Waals surface area contributed by atoms with Crippen LogP contribution in [0.5, 0.6) is 11.5 Å². The second kappa shape index (κ2) is 6.50. The average Bonchev–Trinajstić information content (AvgIpc) is 2.85. The summed E-state index contributed by atoms with van der Waals surface area (Å²) in [6, 6.07) is 13.4. The molecule has 1 heterocycles. The summed E-state index contributed by atoms with van der Waals surface area (Å²) in [4.78, 5) is 14.2. The number of benzene rings is 2. The van der Waals surface area contributed by atoms with Crippen LogP contribution in [0, 0.1) is 0 Å². The lowest BCUT2D eigenvalue weighted by atomic mass is 10.1. The van der Waals surface area contributed by atoms with Crippen LogP contribution >= 0.6 is 11.8 Å². The van der Waals surface area contributed by atoms with Gasteiger partial charge in [0.2, 0.25) is 5.78 Å². The Labute approximate surface area is 140 Å². The third kappa shape index (κ3) is 3.27. The summed E-state index contributed by atoms with van der Waals surface area (Å²) in [5.41, 5.74) is 1.69. The predicted molar refractivity (Wildman–Crippen MR) is 93.4 cm³/mol. The molecule has 0 N–H and O–H groups in total. The van der Waals surface area contributed by atoms with E-state index in [2.05, 4.69) is 0 Å². The second-order valence-corrected chi connectivity index (χ2v) is 6.60. The Morgan fingerprint density at radius 2 is 1.87 bits per heavy atom. The van der Waals surface area contributed by atoms with Crippen molar-refractivity contribution in [3.63, 3.8) is 0 Å². The number of hydrogen-bond acceptors (Lipinski definition) is 4. The molecule has 0 saturated heterocycles. The lowest BCUT2D eigenvalue weighted by molar-refractivity contribution is 0.104. The number of carbonyl (C=O) groups is 1. The zero-order chi connectivity index (χ0) is 16.4. The van der Waals surface area contributed by atoms with E-state index in [1.807, 2.05) is 62.4 Å². The molecule has 1 aliphatic heterocycles. The molecule has 0 spiro atoms. The number of ether oxygens (including phenoxy) is 2. The maximum absolute atomic E-state index is 12.4. The topological polar surface area (TPSA) is 35.5 Å². The first kappa shape index (κ1) is 15.7. The lowest BCUT2D eigenvalue weighted by Crippen LogP contribution is -2.06. The van der Waals surface area contributed by atoms with Gasteiger partial charge in [-0.1, -0.05) is 30.0 Å². The Kier molecular flexibility index (Phi) is 4.44. The minimum atomic E-state index is 0.0760. The zero-order valence-electron chi connectivity index (χ0n) is 13.3. The van der Waals surface area contributed by atoms with Crippen molar-refractivity contribution in [2.45, 2.75) is 24.8 Å². The SMILES string of the molecule is COc1cc(/C=C2/Sc3ccccc3C2=O)ccc1OC(C)C. The van der Waals surface area contributed by atoms with Crippen molar-refractivity contribution in [1.82, 2.24) is 0 Å². The van der Waals surface area contributed by atoms with Gasteiger partial charge in [-0.25, -0.2) is 0 Å². The van der Waals surface area contributed by atoms with Crippen LogP contribution in [0.2, 0.25) is 0 Å². The van der Waals surface area contributed by atoms with Gasteiger partial charge in [-0.3, -0.25) is 4.79 Å². The van der Waals surface area contributed by atoms with E-state index in [1.54, 1.807) is 7.11 Å². The van der Waals surface area contributed by atoms with Gasteiger partial charge in [0.25, 0.3) is 0 Å². The van der Waals surface area contributed by atoms with Gasteiger partial charge < -0.3 is 9.47 Å². The van der Waals surface area contributed by atoms with E-state index < -0.39 is 0 Å². The Morgan fingerprint density at radius 3 is 2.57 bits per heavy atom. The van der Waals surface area contributed by atoms with Crippen molar-refractivity contribution < 1.29 is 14.3 Å². The van der Waals surface area contributed by atoms with Crippen LogP contribution in [0.15, 0.2) is 52.3 Å². The highest BCUT2D eigenvalue weighted by molar-refractivity contribution is 8.04. The molecule has 2 aromatic carbocycles.